The van der Waals surface area contributed by atoms with Gasteiger partial charge in [0, 0.05) is 30.1 Å². The van der Waals surface area contributed by atoms with Crippen LogP contribution >= 0.6 is 0 Å². The van der Waals surface area contributed by atoms with E-state index in [-0.39, 0.29) is 35.4 Å². The van der Waals surface area contributed by atoms with Gasteiger partial charge in [-0.25, -0.2) is 0 Å². The van der Waals surface area contributed by atoms with E-state index in [2.05, 4.69) is 11.7 Å². The largest absolute Gasteiger partial charge is 0.469 e. The molecule has 32 heavy (non-hydrogen) atoms. The molecule has 3 rings (SSSR count). The second-order valence-electron chi connectivity index (χ2n) is 9.58. The van der Waals surface area contributed by atoms with Gasteiger partial charge in [0.2, 0.25) is 0 Å². The molecule has 2 fully saturated rings. The zero-order chi connectivity index (χ0) is 23.1. The van der Waals surface area contributed by atoms with Crippen LogP contribution in [0.4, 0.5) is 0 Å². The predicted octanol–water partition coefficient (Wildman–Crippen LogP) is 5.01. The van der Waals surface area contributed by atoms with E-state index in [9.17, 15) is 19.8 Å². The number of methoxy groups -OCH3 is 1. The Morgan fingerprint density at radius 1 is 1.25 bits per heavy atom. The van der Waals surface area contributed by atoms with Crippen LogP contribution in [0.5, 0.6) is 0 Å². The summed E-state index contributed by atoms with van der Waals surface area (Å²) in [6.45, 7) is 2.17. The van der Waals surface area contributed by atoms with Gasteiger partial charge in [0.15, 0.2) is 0 Å². The van der Waals surface area contributed by atoms with Crippen molar-refractivity contribution in [2.24, 2.45) is 11.3 Å². The highest BCUT2D eigenvalue weighted by molar-refractivity contribution is 5.85. The fourth-order valence-electron chi connectivity index (χ4n) is 5.56. The number of hydrogen-bond donors (Lipinski definition) is 2. The number of Topliss-reactive ketones (excluding diaryl/α,β-unsaturated/α-hetero) is 1. The zero-order valence-electron chi connectivity index (χ0n) is 19.5. The third-order valence-electron chi connectivity index (χ3n) is 7.52. The van der Waals surface area contributed by atoms with Crippen LogP contribution in [0, 0.1) is 11.3 Å². The van der Waals surface area contributed by atoms with Gasteiger partial charge in [-0.3, -0.25) is 9.59 Å². The van der Waals surface area contributed by atoms with Crippen LogP contribution in [0.1, 0.15) is 94.3 Å². The summed E-state index contributed by atoms with van der Waals surface area (Å²) in [6.07, 6.45) is 11.0. The molecule has 2 saturated carbocycles. The van der Waals surface area contributed by atoms with Crippen LogP contribution in [0.15, 0.2) is 36.4 Å². The summed E-state index contributed by atoms with van der Waals surface area (Å²) in [7, 11) is 1.39. The van der Waals surface area contributed by atoms with E-state index in [1.165, 1.54) is 13.5 Å². The highest BCUT2D eigenvalue weighted by Gasteiger charge is 2.44. The molecule has 0 radical (unpaired) electrons. The highest BCUT2D eigenvalue weighted by Crippen LogP contribution is 2.53. The number of carbonyl (C=O) groups excluding carboxylic acids is 2. The van der Waals surface area contributed by atoms with E-state index in [4.69, 9.17) is 0 Å². The molecule has 176 valence electrons. The number of carbonyl (C=O) groups is 2. The molecule has 5 heteroatoms. The molecular weight excluding hydrogens is 404 g/mol. The summed E-state index contributed by atoms with van der Waals surface area (Å²) in [6, 6.07) is 7.92. The van der Waals surface area contributed by atoms with E-state index in [0.29, 0.717) is 12.8 Å². The summed E-state index contributed by atoms with van der Waals surface area (Å²) in [5.41, 5.74) is 1.91. The second-order valence-corrected chi connectivity index (χ2v) is 9.58. The molecule has 0 bridgehead atoms. The number of aliphatic hydroxyl groups excluding tert-OH is 2. The molecule has 1 unspecified atom stereocenters. The van der Waals surface area contributed by atoms with Crippen molar-refractivity contribution >= 4 is 11.8 Å². The fourth-order valence-corrected chi connectivity index (χ4v) is 5.56. The molecule has 0 spiro atoms. The maximum atomic E-state index is 12.5. The van der Waals surface area contributed by atoms with Crippen LogP contribution < -0.4 is 0 Å². The van der Waals surface area contributed by atoms with Crippen LogP contribution in [-0.4, -0.2) is 35.2 Å². The Hall–Kier alpha value is -1.98. The van der Waals surface area contributed by atoms with Crippen LogP contribution in [0.2, 0.25) is 0 Å². The molecule has 2 aliphatic rings. The quantitative estimate of drug-likeness (QED) is 0.286. The SMILES string of the molecule is CCCC1(C(O)c2ccc([C@H]3[C@H](O)CC(=O)[C@@H]3C/C=C\CCCC(=O)OC)cc2)CCC1. The number of ketones is 1. The first-order chi connectivity index (χ1) is 15.4. The lowest BCUT2D eigenvalue weighted by atomic mass is 9.61. The highest BCUT2D eigenvalue weighted by atomic mass is 16.5. The fraction of sp³-hybridized carbons (Fsp3) is 0.630. The second kappa shape index (κ2) is 11.2. The topological polar surface area (TPSA) is 83.8 Å². The summed E-state index contributed by atoms with van der Waals surface area (Å²) in [5, 5.41) is 21.6. The van der Waals surface area contributed by atoms with Crippen molar-refractivity contribution in [3.05, 3.63) is 47.5 Å². The monoisotopic (exact) mass is 442 g/mol. The number of hydrogen-bond acceptors (Lipinski definition) is 5. The molecule has 2 N–H and O–H groups in total. The normalized spacial score (nSPS) is 25.6. The summed E-state index contributed by atoms with van der Waals surface area (Å²) in [4.78, 5) is 23.7. The van der Waals surface area contributed by atoms with Gasteiger partial charge < -0.3 is 14.9 Å². The summed E-state index contributed by atoms with van der Waals surface area (Å²) >= 11 is 0. The van der Waals surface area contributed by atoms with Crippen molar-refractivity contribution in [3.8, 4) is 0 Å². The van der Waals surface area contributed by atoms with E-state index in [0.717, 1.165) is 49.7 Å². The van der Waals surface area contributed by atoms with Crippen LogP contribution in [0.3, 0.4) is 0 Å². The molecule has 4 atom stereocenters. The van der Waals surface area contributed by atoms with Gasteiger partial charge in [0.05, 0.1) is 19.3 Å². The lowest BCUT2D eigenvalue weighted by molar-refractivity contribution is -0.140. The molecule has 0 aliphatic heterocycles. The third kappa shape index (κ3) is 5.49. The number of unbranched alkanes of at least 4 members (excludes halogenated alkanes) is 1. The van der Waals surface area contributed by atoms with Gasteiger partial charge in [-0.05, 0) is 49.7 Å². The van der Waals surface area contributed by atoms with Crippen LogP contribution in [0.25, 0.3) is 0 Å². The van der Waals surface area contributed by atoms with Crippen LogP contribution in [-0.2, 0) is 14.3 Å². The average Bonchev–Trinajstić information content (AvgIpc) is 3.05. The smallest absolute Gasteiger partial charge is 0.305 e. The minimum atomic E-state index is -0.672. The molecule has 2 aliphatic carbocycles. The number of benzene rings is 1. The number of ether oxygens (including phenoxy) is 1. The number of rotatable bonds is 11. The molecule has 0 saturated heterocycles. The molecular formula is C27H38O5. The Labute approximate surface area is 191 Å². The zero-order valence-corrected chi connectivity index (χ0v) is 19.5. The Balaban J connectivity index is 1.63. The van der Waals surface area contributed by atoms with Crippen molar-refractivity contribution in [1.29, 1.82) is 0 Å². The first kappa shape index (κ1) is 24.7. The maximum Gasteiger partial charge on any atom is 0.305 e. The minimum Gasteiger partial charge on any atom is -0.469 e. The van der Waals surface area contributed by atoms with Gasteiger partial charge in [-0.15, -0.1) is 0 Å². The molecule has 0 amide bonds. The molecule has 1 aromatic rings. The number of allylic oxidation sites excluding steroid dienone is 2. The maximum absolute atomic E-state index is 12.5. The Bertz CT molecular complexity index is 793. The van der Waals surface area contributed by atoms with Gasteiger partial charge >= 0.3 is 5.97 Å². The standard InChI is InChI=1S/C27H38O5/c1-3-15-27(16-8-17-27)26(31)20-13-11-19(12-14-20)25-21(22(28)18-23(25)29)9-6-4-5-7-10-24(30)32-2/h4,6,11-14,21,23,25-26,29,31H,3,5,7-10,15-18H2,1-2H3/b6-4-/t21-,23+,25+,26?/m0/s1. The molecule has 5 nitrogen and oxygen atoms in total. The molecule has 0 aromatic heterocycles. The molecule has 1 aromatic carbocycles. The Kier molecular flexibility index (Phi) is 8.66. The third-order valence-corrected chi connectivity index (χ3v) is 7.52. The van der Waals surface area contributed by atoms with E-state index < -0.39 is 12.2 Å². The van der Waals surface area contributed by atoms with Gasteiger partial charge in [0.25, 0.3) is 0 Å². The first-order valence-corrected chi connectivity index (χ1v) is 12.1. The molecule has 0 heterocycles. The Morgan fingerprint density at radius 3 is 2.56 bits per heavy atom. The van der Waals surface area contributed by atoms with Gasteiger partial charge in [-0.2, -0.15) is 0 Å². The average molecular weight is 443 g/mol. The first-order valence-electron chi connectivity index (χ1n) is 12.1. The lowest BCUT2D eigenvalue weighted by Crippen LogP contribution is -2.36. The van der Waals surface area contributed by atoms with E-state index >= 15 is 0 Å². The minimum absolute atomic E-state index is 0.0142. The van der Waals surface area contributed by atoms with Gasteiger partial charge in [0.1, 0.15) is 5.78 Å². The van der Waals surface area contributed by atoms with Crippen molar-refractivity contribution in [2.75, 3.05) is 7.11 Å². The predicted molar refractivity (Wildman–Crippen MR) is 124 cm³/mol. The van der Waals surface area contributed by atoms with Crippen molar-refractivity contribution < 1.29 is 24.5 Å². The van der Waals surface area contributed by atoms with Crippen molar-refractivity contribution in [2.45, 2.75) is 89.3 Å². The lowest BCUT2D eigenvalue weighted by Gasteiger charge is -2.46. The number of esters is 1. The van der Waals surface area contributed by atoms with Gasteiger partial charge in [-0.1, -0.05) is 56.2 Å². The summed E-state index contributed by atoms with van der Waals surface area (Å²) < 4.78 is 4.64. The van der Waals surface area contributed by atoms with Crippen molar-refractivity contribution in [1.82, 2.24) is 0 Å². The summed E-state index contributed by atoms with van der Waals surface area (Å²) in [5.74, 6) is -0.571. The van der Waals surface area contributed by atoms with E-state index in [1.807, 2.05) is 36.4 Å². The number of aliphatic hydroxyl groups is 2. The van der Waals surface area contributed by atoms with E-state index in [1.54, 1.807) is 0 Å². The Morgan fingerprint density at radius 2 is 1.97 bits per heavy atom. The van der Waals surface area contributed by atoms with Crippen molar-refractivity contribution in [3.63, 3.8) is 0 Å².